The number of hydrogen-bond donors (Lipinski definition) is 3. The molecule has 2 aromatic carbocycles. The summed E-state index contributed by atoms with van der Waals surface area (Å²) in [5, 5.41) is 21.0. The second kappa shape index (κ2) is 11.1. The van der Waals surface area contributed by atoms with Gasteiger partial charge in [-0.1, -0.05) is 36.8 Å². The van der Waals surface area contributed by atoms with Crippen molar-refractivity contribution < 1.29 is 24.5 Å². The van der Waals surface area contributed by atoms with E-state index in [0.717, 1.165) is 0 Å². The number of nitrogens with two attached hydrogens (primary N) is 1. The molecule has 3 rings (SSSR count). The van der Waals surface area contributed by atoms with E-state index in [9.17, 15) is 19.7 Å². The quantitative estimate of drug-likeness (QED) is 0.169. The van der Waals surface area contributed by atoms with E-state index in [2.05, 4.69) is 0 Å². The van der Waals surface area contributed by atoms with E-state index in [1.807, 2.05) is 0 Å². The normalized spacial score (nSPS) is 10.6. The molecule has 0 spiro atoms. The van der Waals surface area contributed by atoms with Crippen LogP contribution in [0.15, 0.2) is 54.6 Å². The third-order valence-corrected chi connectivity index (χ3v) is 5.49. The minimum absolute atomic E-state index is 0.0526. The monoisotopic (exact) mass is 466 g/mol. The summed E-state index contributed by atoms with van der Waals surface area (Å²) >= 11 is 0. The fraction of sp³-hybridized carbons (Fsp3) is 0.250. The highest BCUT2D eigenvalue weighted by atomic mass is 16.6. The Morgan fingerprint density at radius 2 is 1.74 bits per heavy atom. The van der Waals surface area contributed by atoms with Crippen molar-refractivity contribution in [1.29, 1.82) is 0 Å². The molecule has 0 saturated heterocycles. The van der Waals surface area contributed by atoms with Crippen LogP contribution in [0, 0.1) is 10.1 Å². The van der Waals surface area contributed by atoms with Crippen LogP contribution in [-0.4, -0.2) is 33.6 Å². The molecule has 178 valence electrons. The van der Waals surface area contributed by atoms with Gasteiger partial charge in [0.2, 0.25) is 5.91 Å². The summed E-state index contributed by atoms with van der Waals surface area (Å²) in [5.41, 5.74) is 8.69. The van der Waals surface area contributed by atoms with E-state index >= 15 is 0 Å². The number of benzene rings is 2. The van der Waals surface area contributed by atoms with E-state index in [1.54, 1.807) is 64.6 Å². The first-order valence-corrected chi connectivity index (χ1v) is 10.7. The van der Waals surface area contributed by atoms with Gasteiger partial charge in [0.15, 0.2) is 0 Å². The maximum absolute atomic E-state index is 12.6. The lowest BCUT2D eigenvalue weighted by atomic mass is 10.0. The number of methoxy groups -OCH3 is 1. The van der Waals surface area contributed by atoms with Crippen LogP contribution in [0.5, 0.6) is 5.75 Å². The zero-order chi connectivity index (χ0) is 24.7. The molecule has 0 aliphatic heterocycles. The standard InChI is InChI=1S/C24H26N4O6/c1-34-18-13-11-17(12-14-18)21-22(28(32)33)20(16-8-4-2-5-9-16)23(24(25)30)27(21)15-7-3-6-10-19(29)26-31/h2,4-5,8-9,11-14,31H,3,6-7,10,15H2,1H3,(H2,25,30)(H,26,29). The number of nitrogens with zero attached hydrogens (tertiary/aromatic N) is 2. The highest BCUT2D eigenvalue weighted by Gasteiger charge is 2.34. The summed E-state index contributed by atoms with van der Waals surface area (Å²) in [7, 11) is 1.52. The molecule has 0 unspecified atom stereocenters. The van der Waals surface area contributed by atoms with Gasteiger partial charge < -0.3 is 15.0 Å². The van der Waals surface area contributed by atoms with Crippen LogP contribution >= 0.6 is 0 Å². The lowest BCUT2D eigenvalue weighted by molar-refractivity contribution is -0.383. The fourth-order valence-corrected chi connectivity index (χ4v) is 3.97. The molecule has 0 bridgehead atoms. The zero-order valence-corrected chi connectivity index (χ0v) is 18.7. The van der Waals surface area contributed by atoms with E-state index in [1.165, 1.54) is 7.11 Å². The molecule has 0 radical (unpaired) electrons. The molecule has 2 amide bonds. The summed E-state index contributed by atoms with van der Waals surface area (Å²) in [5.74, 6) is -0.675. The van der Waals surface area contributed by atoms with Gasteiger partial charge in [0.05, 0.1) is 17.6 Å². The molecule has 0 atom stereocenters. The molecule has 1 aromatic heterocycles. The number of hydrogen-bond acceptors (Lipinski definition) is 6. The molecule has 34 heavy (non-hydrogen) atoms. The Balaban J connectivity index is 2.16. The molecule has 10 nitrogen and oxygen atoms in total. The molecule has 3 aromatic rings. The molecule has 4 N–H and O–H groups in total. The topological polar surface area (TPSA) is 150 Å². The number of rotatable bonds is 11. The van der Waals surface area contributed by atoms with Crippen molar-refractivity contribution in [1.82, 2.24) is 10.0 Å². The van der Waals surface area contributed by atoms with Crippen LogP contribution in [0.3, 0.4) is 0 Å². The Labute approximate surface area is 196 Å². The van der Waals surface area contributed by atoms with Crippen molar-refractivity contribution in [3.8, 4) is 28.1 Å². The number of unbranched alkanes of at least 4 members (excludes halogenated alkanes) is 2. The summed E-state index contributed by atoms with van der Waals surface area (Å²) in [6.45, 7) is 0.272. The lowest BCUT2D eigenvalue weighted by Crippen LogP contribution is -2.19. The lowest BCUT2D eigenvalue weighted by Gasteiger charge is -2.12. The molecule has 0 aliphatic rings. The Hall–Kier alpha value is -4.18. The first-order valence-electron chi connectivity index (χ1n) is 10.7. The Morgan fingerprint density at radius 3 is 2.29 bits per heavy atom. The van der Waals surface area contributed by atoms with E-state index in [0.29, 0.717) is 36.1 Å². The van der Waals surface area contributed by atoms with Gasteiger partial charge in [-0.25, -0.2) is 5.48 Å². The molecular formula is C24H26N4O6. The smallest absolute Gasteiger partial charge is 0.303 e. The summed E-state index contributed by atoms with van der Waals surface area (Å²) in [4.78, 5) is 35.7. The minimum atomic E-state index is -0.777. The number of aromatic nitrogens is 1. The largest absolute Gasteiger partial charge is 0.497 e. The van der Waals surface area contributed by atoms with Crippen LogP contribution in [0.25, 0.3) is 22.4 Å². The maximum atomic E-state index is 12.6. The SMILES string of the molecule is COc1ccc(-c2c([N+](=O)[O-])c(-c3ccccc3)c(C(N)=O)n2CCCCCC(=O)NO)cc1. The predicted octanol–water partition coefficient (Wildman–Crippen LogP) is 3.90. The molecular weight excluding hydrogens is 440 g/mol. The number of carbonyl (C=O) groups is 2. The number of ether oxygens (including phenoxy) is 1. The maximum Gasteiger partial charge on any atom is 0.303 e. The summed E-state index contributed by atoms with van der Waals surface area (Å²) in [6.07, 6.45) is 1.78. The van der Waals surface area contributed by atoms with Gasteiger partial charge in [0, 0.05) is 18.5 Å². The van der Waals surface area contributed by atoms with Crippen LogP contribution in [-0.2, 0) is 11.3 Å². The second-order valence-corrected chi connectivity index (χ2v) is 7.63. The minimum Gasteiger partial charge on any atom is -0.497 e. The molecule has 0 aliphatic carbocycles. The van der Waals surface area contributed by atoms with Gasteiger partial charge in [-0.05, 0) is 42.7 Å². The zero-order valence-electron chi connectivity index (χ0n) is 18.7. The average molecular weight is 466 g/mol. The molecule has 1 heterocycles. The van der Waals surface area contributed by atoms with E-state index in [-0.39, 0.29) is 35.6 Å². The van der Waals surface area contributed by atoms with Crippen molar-refractivity contribution in [2.75, 3.05) is 7.11 Å². The predicted molar refractivity (Wildman–Crippen MR) is 125 cm³/mol. The van der Waals surface area contributed by atoms with E-state index in [4.69, 9.17) is 15.7 Å². The number of carbonyl (C=O) groups excluding carboxylic acids is 2. The van der Waals surface area contributed by atoms with Crippen molar-refractivity contribution in [2.45, 2.75) is 32.2 Å². The summed E-state index contributed by atoms with van der Waals surface area (Å²) < 4.78 is 6.80. The molecule has 0 fully saturated rings. The summed E-state index contributed by atoms with van der Waals surface area (Å²) in [6, 6.07) is 15.4. The van der Waals surface area contributed by atoms with Crippen molar-refractivity contribution >= 4 is 17.5 Å². The third kappa shape index (κ3) is 5.24. The number of nitro groups is 1. The first kappa shape index (κ1) is 24.5. The Morgan fingerprint density at radius 1 is 1.06 bits per heavy atom. The van der Waals surface area contributed by atoms with Gasteiger partial charge in [0.25, 0.3) is 5.91 Å². The first-order chi connectivity index (χ1) is 16.4. The number of amides is 2. The highest BCUT2D eigenvalue weighted by molar-refractivity contribution is 6.04. The van der Waals surface area contributed by atoms with Crippen molar-refractivity contribution in [3.05, 3.63) is 70.4 Å². The van der Waals surface area contributed by atoms with Crippen LogP contribution in [0.4, 0.5) is 5.69 Å². The molecule has 10 heteroatoms. The van der Waals surface area contributed by atoms with Gasteiger partial charge >= 0.3 is 5.69 Å². The number of hydroxylamine groups is 1. The molecule has 0 saturated carbocycles. The highest BCUT2D eigenvalue weighted by Crippen LogP contribution is 2.44. The number of nitrogens with one attached hydrogen (secondary N) is 1. The second-order valence-electron chi connectivity index (χ2n) is 7.63. The third-order valence-electron chi connectivity index (χ3n) is 5.49. The van der Waals surface area contributed by atoms with Gasteiger partial charge in [0.1, 0.15) is 17.1 Å². The van der Waals surface area contributed by atoms with Gasteiger partial charge in [-0.3, -0.25) is 24.9 Å². The van der Waals surface area contributed by atoms with E-state index < -0.39 is 16.7 Å². The fourth-order valence-electron chi connectivity index (χ4n) is 3.97. The van der Waals surface area contributed by atoms with Crippen LogP contribution in [0.1, 0.15) is 36.2 Å². The van der Waals surface area contributed by atoms with Crippen LogP contribution in [0.2, 0.25) is 0 Å². The van der Waals surface area contributed by atoms with Crippen molar-refractivity contribution in [2.24, 2.45) is 5.73 Å². The van der Waals surface area contributed by atoms with Gasteiger partial charge in [-0.15, -0.1) is 0 Å². The van der Waals surface area contributed by atoms with Gasteiger partial charge in [-0.2, -0.15) is 0 Å². The number of primary amides is 1. The van der Waals surface area contributed by atoms with Crippen molar-refractivity contribution in [3.63, 3.8) is 0 Å². The average Bonchev–Trinajstić information content (AvgIpc) is 3.20. The Bertz CT molecular complexity index is 1170. The van der Waals surface area contributed by atoms with Crippen LogP contribution < -0.4 is 16.0 Å². The Kier molecular flexibility index (Phi) is 7.99.